The maximum absolute atomic E-state index is 12.4. The van der Waals surface area contributed by atoms with Gasteiger partial charge < -0.3 is 19.5 Å². The molecule has 0 atom stereocenters. The van der Waals surface area contributed by atoms with Gasteiger partial charge in [-0.3, -0.25) is 4.79 Å². The first-order chi connectivity index (χ1) is 14.7. The van der Waals surface area contributed by atoms with Crippen molar-refractivity contribution in [2.45, 2.75) is 38.1 Å². The van der Waals surface area contributed by atoms with Crippen LogP contribution in [-0.4, -0.2) is 42.7 Å². The van der Waals surface area contributed by atoms with Gasteiger partial charge in [-0.25, -0.2) is 9.97 Å². The molecule has 8 heteroatoms. The molecule has 1 amide bonds. The Morgan fingerprint density at radius 1 is 1.13 bits per heavy atom. The van der Waals surface area contributed by atoms with Crippen molar-refractivity contribution < 1.29 is 19.0 Å². The zero-order valence-electron chi connectivity index (χ0n) is 17.1. The van der Waals surface area contributed by atoms with Gasteiger partial charge in [0.1, 0.15) is 11.2 Å². The number of amides is 1. The van der Waals surface area contributed by atoms with Gasteiger partial charge in [0.05, 0.1) is 19.6 Å². The van der Waals surface area contributed by atoms with Crippen LogP contribution in [0.25, 0.3) is 21.3 Å². The van der Waals surface area contributed by atoms with Crippen molar-refractivity contribution >= 4 is 27.5 Å². The molecule has 1 aliphatic rings. The molecule has 0 unspecified atom stereocenters. The van der Waals surface area contributed by atoms with Crippen LogP contribution in [0.1, 0.15) is 32.1 Å². The maximum atomic E-state index is 12.4. The molecule has 0 saturated heterocycles. The summed E-state index contributed by atoms with van der Waals surface area (Å²) in [5, 5.41) is 5.87. The summed E-state index contributed by atoms with van der Waals surface area (Å²) in [5.41, 5.74) is 1.87. The summed E-state index contributed by atoms with van der Waals surface area (Å²) < 4.78 is 16.6. The molecule has 7 nitrogen and oxygen atoms in total. The van der Waals surface area contributed by atoms with E-state index in [0.717, 1.165) is 34.2 Å². The number of hydrogen-bond acceptors (Lipinski definition) is 7. The van der Waals surface area contributed by atoms with E-state index in [2.05, 4.69) is 15.3 Å². The molecule has 2 aromatic heterocycles. The molecule has 0 bridgehead atoms. The van der Waals surface area contributed by atoms with Crippen molar-refractivity contribution in [1.82, 2.24) is 15.3 Å². The van der Waals surface area contributed by atoms with Crippen LogP contribution < -0.4 is 19.5 Å². The summed E-state index contributed by atoms with van der Waals surface area (Å²) in [4.78, 5) is 21.8. The molecular weight excluding hydrogens is 402 g/mol. The second-order valence-electron chi connectivity index (χ2n) is 7.27. The van der Waals surface area contributed by atoms with E-state index in [9.17, 15) is 4.79 Å². The molecule has 0 radical (unpaired) electrons. The third-order valence-corrected chi connectivity index (χ3v) is 6.23. The van der Waals surface area contributed by atoms with Crippen LogP contribution in [0.2, 0.25) is 0 Å². The molecule has 1 N–H and O–H groups in total. The second kappa shape index (κ2) is 9.30. The minimum atomic E-state index is -0.114. The van der Waals surface area contributed by atoms with Gasteiger partial charge in [-0.1, -0.05) is 25.3 Å². The highest BCUT2D eigenvalue weighted by atomic mass is 32.1. The molecule has 1 aromatic carbocycles. The lowest BCUT2D eigenvalue weighted by molar-refractivity contribution is -0.124. The summed E-state index contributed by atoms with van der Waals surface area (Å²) in [7, 11) is 3.21. The minimum Gasteiger partial charge on any atom is -0.493 e. The number of nitrogens with zero attached hydrogens (tertiary/aromatic N) is 2. The Balaban J connectivity index is 1.56. The summed E-state index contributed by atoms with van der Waals surface area (Å²) in [6.07, 6.45) is 7.13. The van der Waals surface area contributed by atoms with E-state index in [1.54, 1.807) is 14.2 Å². The molecule has 0 aliphatic heterocycles. The Morgan fingerprint density at radius 3 is 2.70 bits per heavy atom. The highest BCUT2D eigenvalue weighted by molar-refractivity contribution is 7.17. The fourth-order valence-corrected chi connectivity index (χ4v) is 4.73. The summed E-state index contributed by atoms with van der Waals surface area (Å²) in [6.45, 7) is -0.0656. The first kappa shape index (κ1) is 20.4. The van der Waals surface area contributed by atoms with Crippen molar-refractivity contribution in [1.29, 1.82) is 0 Å². The van der Waals surface area contributed by atoms with E-state index in [1.807, 2.05) is 23.6 Å². The smallest absolute Gasteiger partial charge is 0.258 e. The van der Waals surface area contributed by atoms with E-state index >= 15 is 0 Å². The average Bonchev–Trinajstić information content (AvgIpc) is 3.22. The lowest BCUT2D eigenvalue weighted by Crippen LogP contribution is -2.39. The molecule has 30 heavy (non-hydrogen) atoms. The third-order valence-electron chi connectivity index (χ3n) is 5.34. The first-order valence-corrected chi connectivity index (χ1v) is 10.9. The molecule has 158 valence electrons. The van der Waals surface area contributed by atoms with E-state index in [4.69, 9.17) is 14.2 Å². The van der Waals surface area contributed by atoms with Crippen LogP contribution in [0.5, 0.6) is 17.4 Å². The van der Waals surface area contributed by atoms with E-state index < -0.39 is 0 Å². The number of benzene rings is 1. The van der Waals surface area contributed by atoms with E-state index in [1.165, 1.54) is 36.9 Å². The zero-order chi connectivity index (χ0) is 20.9. The fourth-order valence-electron chi connectivity index (χ4n) is 3.82. The number of methoxy groups -OCH3 is 2. The first-order valence-electron chi connectivity index (χ1n) is 10.1. The van der Waals surface area contributed by atoms with Crippen LogP contribution in [-0.2, 0) is 4.79 Å². The van der Waals surface area contributed by atoms with Crippen molar-refractivity contribution in [3.63, 3.8) is 0 Å². The SMILES string of the molecule is COc1ccc(-c2csc3ncnc(OCC(=O)NC4CCCCC4)c23)cc1OC. The molecular formula is C22H25N3O4S. The number of aromatic nitrogens is 2. The highest BCUT2D eigenvalue weighted by Gasteiger charge is 2.19. The molecule has 4 rings (SSSR count). The van der Waals surface area contributed by atoms with Crippen molar-refractivity contribution in [3.05, 3.63) is 29.9 Å². The molecule has 3 aromatic rings. The standard InChI is InChI=1S/C22H25N3O4S/c1-27-17-9-8-14(10-18(17)28-2)16-12-30-22-20(16)21(23-13-24-22)29-11-19(26)25-15-6-4-3-5-7-15/h8-10,12-13,15H,3-7,11H2,1-2H3,(H,25,26). The number of nitrogens with one attached hydrogen (secondary N) is 1. The highest BCUT2D eigenvalue weighted by Crippen LogP contribution is 2.40. The third kappa shape index (κ3) is 4.33. The van der Waals surface area contributed by atoms with Gasteiger partial charge in [-0.2, -0.15) is 0 Å². The molecule has 1 aliphatic carbocycles. The number of carbonyl (C=O) groups excluding carboxylic acids is 1. The van der Waals surface area contributed by atoms with E-state index in [-0.39, 0.29) is 18.6 Å². The van der Waals surface area contributed by atoms with Crippen molar-refractivity contribution in [2.75, 3.05) is 20.8 Å². The van der Waals surface area contributed by atoms with Crippen LogP contribution in [0.3, 0.4) is 0 Å². The summed E-state index contributed by atoms with van der Waals surface area (Å²) in [6, 6.07) is 5.98. The number of rotatable bonds is 7. The molecule has 0 spiro atoms. The summed E-state index contributed by atoms with van der Waals surface area (Å²) in [5.74, 6) is 1.59. The number of fused-ring (bicyclic) bond motifs is 1. The van der Waals surface area contributed by atoms with Gasteiger partial charge in [0.2, 0.25) is 5.88 Å². The van der Waals surface area contributed by atoms with Crippen LogP contribution >= 0.6 is 11.3 Å². The lowest BCUT2D eigenvalue weighted by Gasteiger charge is -2.22. The predicted octanol–water partition coefficient (Wildman–Crippen LogP) is 4.20. The second-order valence-corrected chi connectivity index (χ2v) is 8.13. The summed E-state index contributed by atoms with van der Waals surface area (Å²) >= 11 is 1.51. The topological polar surface area (TPSA) is 82.6 Å². The van der Waals surface area contributed by atoms with Crippen molar-refractivity contribution in [2.24, 2.45) is 0 Å². The normalized spacial score (nSPS) is 14.5. The monoisotopic (exact) mass is 427 g/mol. The molecule has 1 saturated carbocycles. The van der Waals surface area contributed by atoms with Crippen LogP contribution in [0.15, 0.2) is 29.9 Å². The van der Waals surface area contributed by atoms with Crippen molar-refractivity contribution in [3.8, 4) is 28.5 Å². The Labute approximate surface area is 179 Å². The number of ether oxygens (including phenoxy) is 3. The van der Waals surface area contributed by atoms with Gasteiger partial charge in [-0.05, 0) is 30.5 Å². The Bertz CT molecular complexity index is 1030. The van der Waals surface area contributed by atoms with Crippen LogP contribution in [0.4, 0.5) is 0 Å². The Hall–Kier alpha value is -2.87. The maximum Gasteiger partial charge on any atom is 0.258 e. The number of hydrogen-bond donors (Lipinski definition) is 1. The van der Waals surface area contributed by atoms with Gasteiger partial charge in [-0.15, -0.1) is 11.3 Å². The number of carbonyl (C=O) groups is 1. The largest absolute Gasteiger partial charge is 0.493 e. The quantitative estimate of drug-likeness (QED) is 0.608. The fraction of sp³-hybridized carbons (Fsp3) is 0.409. The minimum absolute atomic E-state index is 0.0656. The van der Waals surface area contributed by atoms with Gasteiger partial charge in [0.15, 0.2) is 18.1 Å². The van der Waals surface area contributed by atoms with Gasteiger partial charge in [0, 0.05) is 17.0 Å². The average molecular weight is 428 g/mol. The Morgan fingerprint density at radius 2 is 1.93 bits per heavy atom. The predicted molar refractivity (Wildman–Crippen MR) is 116 cm³/mol. The lowest BCUT2D eigenvalue weighted by atomic mass is 9.95. The Kier molecular flexibility index (Phi) is 6.32. The molecule has 2 heterocycles. The number of thiophene rings is 1. The van der Waals surface area contributed by atoms with Gasteiger partial charge >= 0.3 is 0 Å². The van der Waals surface area contributed by atoms with Crippen LogP contribution in [0, 0.1) is 0 Å². The molecule has 1 fully saturated rings. The zero-order valence-corrected chi connectivity index (χ0v) is 18.0. The van der Waals surface area contributed by atoms with Gasteiger partial charge in [0.25, 0.3) is 5.91 Å². The van der Waals surface area contributed by atoms with E-state index in [0.29, 0.717) is 17.4 Å².